The Bertz CT molecular complexity index is 902. The van der Waals surface area contributed by atoms with E-state index in [1.807, 2.05) is 50.2 Å². The normalized spacial score (nSPS) is 10.5. The van der Waals surface area contributed by atoms with Gasteiger partial charge in [-0.25, -0.2) is 4.68 Å². The summed E-state index contributed by atoms with van der Waals surface area (Å²) >= 11 is 0. The number of hydrogen-bond donors (Lipinski definition) is 1. The Kier molecular flexibility index (Phi) is 4.79. The molecule has 6 nitrogen and oxygen atoms in total. The Hall–Kier alpha value is -3.15. The number of ether oxygens (including phenoxy) is 1. The average Bonchev–Trinajstić information content (AvgIpc) is 3.10. The molecule has 1 aromatic carbocycles. The number of nitrogens with zero attached hydrogens (tertiary/aromatic N) is 3. The van der Waals surface area contributed by atoms with E-state index in [1.54, 1.807) is 24.1 Å². The van der Waals surface area contributed by atoms with E-state index in [4.69, 9.17) is 4.74 Å². The summed E-state index contributed by atoms with van der Waals surface area (Å²) in [7, 11) is 1.61. The summed E-state index contributed by atoms with van der Waals surface area (Å²) in [5, 5.41) is 7.20. The van der Waals surface area contributed by atoms with E-state index in [0.717, 1.165) is 22.6 Å². The predicted octanol–water partition coefficient (Wildman–Crippen LogP) is 2.82. The van der Waals surface area contributed by atoms with Crippen molar-refractivity contribution < 1.29 is 9.53 Å². The van der Waals surface area contributed by atoms with Gasteiger partial charge in [-0.1, -0.05) is 12.1 Å². The smallest absolute Gasteiger partial charge is 0.272 e. The first-order valence-electron chi connectivity index (χ1n) is 7.98. The maximum absolute atomic E-state index is 12.3. The minimum Gasteiger partial charge on any atom is -0.494 e. The Balaban J connectivity index is 1.75. The molecule has 2 heterocycles. The van der Waals surface area contributed by atoms with Gasteiger partial charge in [0.05, 0.1) is 19.3 Å². The number of methoxy groups -OCH3 is 1. The third-order valence-corrected chi connectivity index (χ3v) is 3.78. The fraction of sp³-hybridized carbons (Fsp3) is 0.211. The highest BCUT2D eigenvalue weighted by molar-refractivity contribution is 5.92. The van der Waals surface area contributed by atoms with E-state index < -0.39 is 0 Å². The highest BCUT2D eigenvalue weighted by Gasteiger charge is 2.12. The first kappa shape index (κ1) is 16.7. The van der Waals surface area contributed by atoms with E-state index in [1.165, 1.54) is 0 Å². The molecule has 0 aliphatic carbocycles. The van der Waals surface area contributed by atoms with Crippen molar-refractivity contribution in [3.63, 3.8) is 0 Å². The molecule has 0 spiro atoms. The molecule has 25 heavy (non-hydrogen) atoms. The molecule has 1 amide bonds. The van der Waals surface area contributed by atoms with Crippen molar-refractivity contribution in [2.45, 2.75) is 20.4 Å². The molecule has 0 fully saturated rings. The van der Waals surface area contributed by atoms with Crippen LogP contribution in [0.5, 0.6) is 5.75 Å². The van der Waals surface area contributed by atoms with E-state index in [-0.39, 0.29) is 5.91 Å². The zero-order valence-electron chi connectivity index (χ0n) is 14.5. The Morgan fingerprint density at radius 1 is 1.20 bits per heavy atom. The number of benzene rings is 1. The molecule has 0 unspecified atom stereocenters. The molecule has 0 saturated heterocycles. The van der Waals surface area contributed by atoms with Gasteiger partial charge in [0.25, 0.3) is 5.91 Å². The molecule has 0 bridgehead atoms. The number of aromatic nitrogens is 3. The van der Waals surface area contributed by atoms with Crippen molar-refractivity contribution in [1.82, 2.24) is 20.1 Å². The quantitative estimate of drug-likeness (QED) is 0.778. The van der Waals surface area contributed by atoms with Gasteiger partial charge in [0.1, 0.15) is 11.4 Å². The van der Waals surface area contributed by atoms with Crippen LogP contribution in [0.2, 0.25) is 0 Å². The van der Waals surface area contributed by atoms with Crippen molar-refractivity contribution >= 4 is 5.91 Å². The molecule has 128 valence electrons. The van der Waals surface area contributed by atoms with E-state index >= 15 is 0 Å². The van der Waals surface area contributed by atoms with Crippen molar-refractivity contribution in [3.05, 3.63) is 71.3 Å². The summed E-state index contributed by atoms with van der Waals surface area (Å²) in [6.45, 7) is 4.28. The lowest BCUT2D eigenvalue weighted by Crippen LogP contribution is -2.24. The number of aryl methyl sites for hydroxylation is 2. The molecule has 3 rings (SSSR count). The Morgan fingerprint density at radius 3 is 2.80 bits per heavy atom. The van der Waals surface area contributed by atoms with Gasteiger partial charge in [-0.2, -0.15) is 5.10 Å². The van der Waals surface area contributed by atoms with Crippen LogP contribution in [0.3, 0.4) is 0 Å². The zero-order valence-corrected chi connectivity index (χ0v) is 14.5. The van der Waals surface area contributed by atoms with Crippen LogP contribution >= 0.6 is 0 Å². The van der Waals surface area contributed by atoms with E-state index in [9.17, 15) is 4.79 Å². The molecule has 6 heteroatoms. The lowest BCUT2D eigenvalue weighted by Gasteiger charge is -2.09. The monoisotopic (exact) mass is 336 g/mol. The number of nitrogens with one attached hydrogen (secondary N) is 1. The maximum Gasteiger partial charge on any atom is 0.272 e. The Morgan fingerprint density at radius 2 is 2.04 bits per heavy atom. The van der Waals surface area contributed by atoms with Gasteiger partial charge in [-0.15, -0.1) is 0 Å². The summed E-state index contributed by atoms with van der Waals surface area (Å²) in [5.41, 5.74) is 3.96. The van der Waals surface area contributed by atoms with Crippen LogP contribution in [0.1, 0.15) is 27.4 Å². The van der Waals surface area contributed by atoms with Crippen LogP contribution in [0.15, 0.2) is 48.7 Å². The standard InChI is InChI=1S/C19H20N4O2/c1-13-7-8-18(25-3)17(11-13)23-10-9-16(22-23)19(24)20-12-15-6-4-5-14(2)21-15/h4-11H,12H2,1-3H3,(H,20,24). The van der Waals surface area contributed by atoms with Gasteiger partial charge >= 0.3 is 0 Å². The summed E-state index contributed by atoms with van der Waals surface area (Å²) < 4.78 is 7.02. The van der Waals surface area contributed by atoms with Crippen LogP contribution in [-0.2, 0) is 6.54 Å². The summed E-state index contributed by atoms with van der Waals surface area (Å²) in [4.78, 5) is 16.7. The van der Waals surface area contributed by atoms with Gasteiger partial charge in [0.2, 0.25) is 0 Å². The van der Waals surface area contributed by atoms with Gasteiger partial charge in [0.15, 0.2) is 5.69 Å². The summed E-state index contributed by atoms with van der Waals surface area (Å²) in [6.07, 6.45) is 1.75. The fourth-order valence-electron chi connectivity index (χ4n) is 2.52. The topological polar surface area (TPSA) is 69.0 Å². The molecular formula is C19H20N4O2. The summed E-state index contributed by atoms with van der Waals surface area (Å²) in [6, 6.07) is 13.2. The fourth-order valence-corrected chi connectivity index (χ4v) is 2.52. The van der Waals surface area contributed by atoms with Crippen molar-refractivity contribution in [2.24, 2.45) is 0 Å². The predicted molar refractivity (Wildman–Crippen MR) is 95.0 cm³/mol. The second-order valence-corrected chi connectivity index (χ2v) is 5.77. The van der Waals surface area contributed by atoms with Crippen LogP contribution in [0, 0.1) is 13.8 Å². The van der Waals surface area contributed by atoms with Crippen molar-refractivity contribution in [2.75, 3.05) is 7.11 Å². The molecule has 2 aromatic heterocycles. The number of rotatable bonds is 5. The zero-order chi connectivity index (χ0) is 17.8. The van der Waals surface area contributed by atoms with Gasteiger partial charge in [-0.3, -0.25) is 9.78 Å². The van der Waals surface area contributed by atoms with Crippen LogP contribution in [0.4, 0.5) is 0 Å². The van der Waals surface area contributed by atoms with Crippen LogP contribution in [-0.4, -0.2) is 27.8 Å². The van der Waals surface area contributed by atoms with Crippen molar-refractivity contribution in [1.29, 1.82) is 0 Å². The van der Waals surface area contributed by atoms with Gasteiger partial charge in [0, 0.05) is 11.9 Å². The molecule has 1 N–H and O–H groups in total. The summed E-state index contributed by atoms with van der Waals surface area (Å²) in [5.74, 6) is 0.457. The largest absolute Gasteiger partial charge is 0.494 e. The minimum atomic E-state index is -0.242. The molecule has 0 radical (unpaired) electrons. The van der Waals surface area contributed by atoms with Gasteiger partial charge < -0.3 is 10.1 Å². The highest BCUT2D eigenvalue weighted by atomic mass is 16.5. The number of pyridine rings is 1. The SMILES string of the molecule is COc1ccc(C)cc1-n1ccc(C(=O)NCc2cccc(C)n2)n1. The maximum atomic E-state index is 12.3. The van der Waals surface area contributed by atoms with E-state index in [0.29, 0.717) is 18.0 Å². The Labute approximate surface area is 146 Å². The van der Waals surface area contributed by atoms with Gasteiger partial charge in [-0.05, 0) is 49.7 Å². The number of carbonyl (C=O) groups is 1. The molecule has 0 aliphatic rings. The molecule has 0 aliphatic heterocycles. The molecular weight excluding hydrogens is 316 g/mol. The lowest BCUT2D eigenvalue weighted by molar-refractivity contribution is 0.0945. The van der Waals surface area contributed by atoms with Crippen molar-refractivity contribution in [3.8, 4) is 11.4 Å². The second-order valence-electron chi connectivity index (χ2n) is 5.77. The molecule has 0 atom stereocenters. The highest BCUT2D eigenvalue weighted by Crippen LogP contribution is 2.23. The number of hydrogen-bond acceptors (Lipinski definition) is 4. The first-order valence-corrected chi connectivity index (χ1v) is 7.98. The third-order valence-electron chi connectivity index (χ3n) is 3.78. The van der Waals surface area contributed by atoms with Crippen LogP contribution in [0.25, 0.3) is 5.69 Å². The number of carbonyl (C=O) groups excluding carboxylic acids is 1. The first-order chi connectivity index (χ1) is 12.1. The van der Waals surface area contributed by atoms with Crippen LogP contribution < -0.4 is 10.1 Å². The lowest BCUT2D eigenvalue weighted by atomic mass is 10.2. The average molecular weight is 336 g/mol. The molecule has 3 aromatic rings. The second kappa shape index (κ2) is 7.17. The molecule has 0 saturated carbocycles. The minimum absolute atomic E-state index is 0.242. The third kappa shape index (κ3) is 3.85. The number of amides is 1. The van der Waals surface area contributed by atoms with E-state index in [2.05, 4.69) is 15.4 Å².